The van der Waals surface area contributed by atoms with Crippen LogP contribution in [0.5, 0.6) is 0 Å². The number of hydrogen-bond acceptors (Lipinski definition) is 4. The Labute approximate surface area is 589 Å². The van der Waals surface area contributed by atoms with E-state index in [0.717, 1.165) is 65.7 Å². The maximum atomic E-state index is 5.65. The molecule has 14 heterocycles. The van der Waals surface area contributed by atoms with Crippen molar-refractivity contribution in [3.8, 4) is 0 Å². The number of para-hydroxylation sites is 1. The van der Waals surface area contributed by atoms with Crippen molar-refractivity contribution in [2.24, 2.45) is 42.3 Å². The van der Waals surface area contributed by atoms with Gasteiger partial charge in [0.25, 0.3) is 34.2 Å². The van der Waals surface area contributed by atoms with E-state index < -0.39 is 0 Å². The number of aromatic nitrogens is 14. The standard InChI is InChI=1S/4C15H17N2.C12H14N3O.C12H14N3S/c1-4-13-10-17-14-7-5-11(2)9-12(14)6-8-15(17)16(13)3;1-4-13-10-17-14-9-11(2)5-6-12(14)7-8-15(17)16(13)3;1-4-13-10-17-14(16(13)3)9-8-12-7-5-6-11(2)15(12)17;1-4-12-10-17-14-7-5-6-11(2)13(14)8-9-15(17)16(12)3;2*1-4-11-14(3)7-10-12-9(5-6-15(10)11)13-8(2)16-12/h4*5-10H,4H2,1-3H3;2*5-7H,4H2,1-3H3/q6*+1. The van der Waals surface area contributed by atoms with Gasteiger partial charge in [0.15, 0.2) is 11.4 Å². The SMILES string of the molecule is CCc1c[n+]2c3c(C)cccc3ccc2n1C.CCc1c[n+]2c3cc(C)ccc3ccc2n1C.CCc1c[n+]2c3ccc(C)cc3ccc2n1C.CCc1c[n+]2c3cccc(C)c3ccc2n1C.CCc1n2ccc3nc(C)oc3c2c[n+]1C.CCc1n2ccc3nc(C)sc3c2c[n+]1C. The summed E-state index contributed by atoms with van der Waals surface area (Å²) in [6.45, 7) is 25.7. The van der Waals surface area contributed by atoms with Crippen LogP contribution in [0.15, 0.2) is 187 Å². The number of fused-ring (bicyclic) bond motifs is 18. The molecule has 0 fully saturated rings. The molecule has 0 saturated heterocycles. The monoisotopic (exact) mass is 1350 g/mol. The Morgan fingerprint density at radius 1 is 0.410 bits per heavy atom. The number of hydrogen-bond donors (Lipinski definition) is 0. The van der Waals surface area contributed by atoms with Crippen LogP contribution in [0.2, 0.25) is 0 Å². The zero-order chi connectivity index (χ0) is 70.5. The molecule has 18 rings (SSSR count). The second kappa shape index (κ2) is 28.0. The lowest BCUT2D eigenvalue weighted by atomic mass is 10.1. The first kappa shape index (κ1) is 68.0. The highest BCUT2D eigenvalue weighted by Crippen LogP contribution is 2.28. The Morgan fingerprint density at radius 2 is 0.890 bits per heavy atom. The van der Waals surface area contributed by atoms with Crippen molar-refractivity contribution in [2.75, 3.05) is 0 Å². The van der Waals surface area contributed by atoms with E-state index in [9.17, 15) is 0 Å². The van der Waals surface area contributed by atoms with Crippen molar-refractivity contribution >= 4 is 110 Å². The van der Waals surface area contributed by atoms with E-state index in [0.29, 0.717) is 5.89 Å². The van der Waals surface area contributed by atoms with Gasteiger partial charge >= 0.3 is 0 Å². The number of nitrogens with zero attached hydrogens (tertiary/aromatic N) is 14. The van der Waals surface area contributed by atoms with Gasteiger partial charge in [-0.3, -0.25) is 0 Å². The number of aryl methyl sites for hydroxylation is 18. The summed E-state index contributed by atoms with van der Waals surface area (Å²) in [7, 11) is 12.7. The van der Waals surface area contributed by atoms with Gasteiger partial charge in [-0.15, -0.1) is 11.3 Å². The van der Waals surface area contributed by atoms with Crippen LogP contribution < -0.4 is 26.7 Å². The number of pyridine rings is 6. The van der Waals surface area contributed by atoms with Crippen LogP contribution in [0.4, 0.5) is 0 Å². The van der Waals surface area contributed by atoms with E-state index in [1.165, 1.54) is 133 Å². The zero-order valence-electron chi connectivity index (χ0n) is 61.6. The molecule has 18 aromatic rings. The molecule has 508 valence electrons. The summed E-state index contributed by atoms with van der Waals surface area (Å²) < 4.78 is 33.9. The molecule has 0 unspecified atom stereocenters. The van der Waals surface area contributed by atoms with Crippen LogP contribution in [0.1, 0.15) is 109 Å². The predicted octanol–water partition coefficient (Wildman–Crippen LogP) is 15.2. The fraction of sp³-hybridized carbons (Fsp3) is 0.286. The highest BCUT2D eigenvalue weighted by molar-refractivity contribution is 7.19. The fourth-order valence-electron chi connectivity index (χ4n) is 14.7. The number of rotatable bonds is 6. The molecule has 0 amide bonds. The third-order valence-corrected chi connectivity index (χ3v) is 21.2. The maximum absolute atomic E-state index is 5.65. The van der Waals surface area contributed by atoms with Crippen LogP contribution >= 0.6 is 11.3 Å². The molecule has 4 aromatic carbocycles. The minimum Gasteiger partial charge on any atom is -0.436 e. The summed E-state index contributed by atoms with van der Waals surface area (Å²) >= 11 is 1.77. The Bertz CT molecular complexity index is 5940. The van der Waals surface area contributed by atoms with Crippen molar-refractivity contribution in [1.82, 2.24) is 37.0 Å². The molecular weight excluding hydrogens is 1250 g/mol. The lowest BCUT2D eigenvalue weighted by Crippen LogP contribution is -2.30. The number of oxazole rings is 1. The summed E-state index contributed by atoms with van der Waals surface area (Å²) in [5.41, 5.74) is 26.1. The maximum Gasteiger partial charge on any atom is 0.286 e. The molecule has 0 aliphatic heterocycles. The molecule has 15 nitrogen and oxygen atoms in total. The molecule has 0 atom stereocenters. The Balaban J connectivity index is 0.000000108. The molecule has 0 N–H and O–H groups in total. The van der Waals surface area contributed by atoms with E-state index in [1.54, 1.807) is 11.3 Å². The summed E-state index contributed by atoms with van der Waals surface area (Å²) in [4.78, 5) is 8.86. The normalized spacial score (nSPS) is 11.5. The van der Waals surface area contributed by atoms with Crippen LogP contribution in [-0.4, -0.2) is 37.0 Å². The number of thiazole rings is 1. The van der Waals surface area contributed by atoms with E-state index in [-0.39, 0.29) is 0 Å². The molecule has 0 radical (unpaired) electrons. The lowest BCUT2D eigenvalue weighted by Gasteiger charge is -2.00. The third-order valence-electron chi connectivity index (χ3n) is 20.1. The molecule has 14 aromatic heterocycles. The van der Waals surface area contributed by atoms with Crippen LogP contribution in [-0.2, 0) is 80.8 Å². The van der Waals surface area contributed by atoms with Crippen molar-refractivity contribution < 1.29 is 31.2 Å². The van der Waals surface area contributed by atoms with E-state index in [4.69, 9.17) is 4.42 Å². The second-order valence-electron chi connectivity index (χ2n) is 26.6. The number of benzene rings is 4. The highest BCUT2D eigenvalue weighted by atomic mass is 32.1. The molecule has 0 aliphatic rings. The first-order chi connectivity index (χ1) is 48.2. The van der Waals surface area contributed by atoms with Gasteiger partial charge < -0.3 is 4.42 Å². The van der Waals surface area contributed by atoms with Gasteiger partial charge in [0.1, 0.15) is 92.2 Å². The molecule has 16 heteroatoms. The van der Waals surface area contributed by atoms with Crippen molar-refractivity contribution in [3.05, 3.63) is 251 Å². The van der Waals surface area contributed by atoms with Crippen molar-refractivity contribution in [1.29, 1.82) is 0 Å². The van der Waals surface area contributed by atoms with Gasteiger partial charge in [-0.1, -0.05) is 95.6 Å². The van der Waals surface area contributed by atoms with Gasteiger partial charge in [0, 0.05) is 103 Å². The van der Waals surface area contributed by atoms with Crippen molar-refractivity contribution in [2.45, 2.75) is 122 Å². The first-order valence-corrected chi connectivity index (χ1v) is 36.1. The molecule has 0 aliphatic carbocycles. The second-order valence-corrected chi connectivity index (χ2v) is 27.8. The molecule has 0 spiro atoms. The average Bonchev–Trinajstić information content (AvgIpc) is 1.63. The summed E-state index contributed by atoms with van der Waals surface area (Å²) in [5, 5.41) is 6.36. The predicted molar refractivity (Wildman–Crippen MR) is 407 cm³/mol. The molecule has 0 saturated carbocycles. The Hall–Kier alpha value is -10.6. The van der Waals surface area contributed by atoms with Gasteiger partial charge in [0.05, 0.1) is 65.2 Å². The van der Waals surface area contributed by atoms with Crippen LogP contribution in [0.25, 0.3) is 98.6 Å². The molecule has 100 heavy (non-hydrogen) atoms. The average molecular weight is 1350 g/mol. The minimum atomic E-state index is 0.713. The fourth-order valence-corrected chi connectivity index (χ4v) is 15.6. The summed E-state index contributed by atoms with van der Waals surface area (Å²) in [5.74, 6) is 3.29. The van der Waals surface area contributed by atoms with E-state index >= 15 is 0 Å². The first-order valence-electron chi connectivity index (χ1n) is 35.3. The molecular formula is C84H96N14OS+6. The van der Waals surface area contributed by atoms with Gasteiger partial charge in [0.2, 0.25) is 11.1 Å². The smallest absolute Gasteiger partial charge is 0.286 e. The zero-order valence-corrected chi connectivity index (χ0v) is 62.5. The minimum absolute atomic E-state index is 0.713. The lowest BCUT2D eigenvalue weighted by molar-refractivity contribution is -0.677. The summed E-state index contributed by atoms with van der Waals surface area (Å²) in [6.07, 6.45) is 23.7. The highest BCUT2D eigenvalue weighted by Gasteiger charge is 2.23. The van der Waals surface area contributed by atoms with Gasteiger partial charge in [-0.2, -0.15) is 26.4 Å². The topological polar surface area (TPSA) is 91.6 Å². The quantitative estimate of drug-likeness (QED) is 0.155. The van der Waals surface area contributed by atoms with E-state index in [1.807, 2.05) is 13.0 Å². The Morgan fingerprint density at radius 3 is 1.50 bits per heavy atom. The Kier molecular flexibility index (Phi) is 19.0. The third kappa shape index (κ3) is 12.4. The number of imidazole rings is 6. The summed E-state index contributed by atoms with van der Waals surface area (Å²) in [6, 6.07) is 47.9. The van der Waals surface area contributed by atoms with Crippen LogP contribution in [0.3, 0.4) is 0 Å². The van der Waals surface area contributed by atoms with Crippen molar-refractivity contribution in [3.63, 3.8) is 0 Å². The van der Waals surface area contributed by atoms with E-state index in [2.05, 4.69) is 359 Å². The van der Waals surface area contributed by atoms with Crippen LogP contribution in [0, 0.1) is 41.5 Å². The van der Waals surface area contributed by atoms with Gasteiger partial charge in [-0.25, -0.2) is 37.4 Å². The largest absolute Gasteiger partial charge is 0.436 e. The molecule has 0 bridgehead atoms. The van der Waals surface area contributed by atoms with Gasteiger partial charge in [-0.05, 0) is 99.8 Å².